The molecule has 1 aliphatic rings. The van der Waals surface area contributed by atoms with Crippen LogP contribution in [0.4, 0.5) is 30.6 Å². The standard InChI is InChI=1S/C21H25F3N6O2/c1-4-30(3)19-18(25-10-31)11(2)26-21(29-19)28-14-6-5-13(9-14)27-20(32)12-7-15(22)17(24)16(23)8-12/h7-8,10,13-14H,4-6,9H2,1-3H3,(H,25,31)(H,27,32)(H,26,28,29). The van der Waals surface area contributed by atoms with Gasteiger partial charge in [-0.05, 0) is 45.2 Å². The summed E-state index contributed by atoms with van der Waals surface area (Å²) in [5.74, 6) is -4.11. The van der Waals surface area contributed by atoms with E-state index in [1.54, 1.807) is 6.92 Å². The van der Waals surface area contributed by atoms with Crippen LogP contribution in [0.25, 0.3) is 0 Å². The van der Waals surface area contributed by atoms with Crippen molar-refractivity contribution < 1.29 is 22.8 Å². The van der Waals surface area contributed by atoms with Crippen LogP contribution in [0.1, 0.15) is 42.2 Å². The number of rotatable bonds is 8. The first-order valence-electron chi connectivity index (χ1n) is 10.2. The Kier molecular flexibility index (Phi) is 7.16. The molecule has 0 spiro atoms. The van der Waals surface area contributed by atoms with Crippen LogP contribution in [0.5, 0.6) is 0 Å². The summed E-state index contributed by atoms with van der Waals surface area (Å²) in [6.45, 7) is 4.40. The highest BCUT2D eigenvalue weighted by Gasteiger charge is 2.28. The van der Waals surface area contributed by atoms with Gasteiger partial charge in [-0.1, -0.05) is 0 Å². The maximum Gasteiger partial charge on any atom is 0.251 e. The molecule has 0 aliphatic heterocycles. The molecular weight excluding hydrogens is 425 g/mol. The predicted octanol–water partition coefficient (Wildman–Crippen LogP) is 2.99. The van der Waals surface area contributed by atoms with E-state index in [0.29, 0.717) is 67.5 Å². The van der Waals surface area contributed by atoms with E-state index in [1.807, 2.05) is 18.9 Å². The van der Waals surface area contributed by atoms with Gasteiger partial charge in [0.1, 0.15) is 5.69 Å². The average molecular weight is 450 g/mol. The first kappa shape index (κ1) is 23.3. The Labute approximate surface area is 183 Å². The third-order valence-electron chi connectivity index (χ3n) is 5.46. The molecule has 0 saturated heterocycles. The normalized spacial score (nSPS) is 17.7. The molecule has 172 valence electrons. The minimum Gasteiger partial charge on any atom is -0.358 e. The average Bonchev–Trinajstić information content (AvgIpc) is 3.19. The van der Waals surface area contributed by atoms with Gasteiger partial charge in [0, 0.05) is 31.2 Å². The minimum atomic E-state index is -1.61. The number of anilines is 3. The van der Waals surface area contributed by atoms with E-state index in [4.69, 9.17) is 0 Å². The molecule has 0 radical (unpaired) electrons. The van der Waals surface area contributed by atoms with Crippen molar-refractivity contribution in [1.29, 1.82) is 0 Å². The second-order valence-corrected chi connectivity index (χ2v) is 7.69. The number of hydrogen-bond donors (Lipinski definition) is 3. The molecular formula is C21H25F3N6O2. The maximum absolute atomic E-state index is 13.4. The Balaban J connectivity index is 1.66. The summed E-state index contributed by atoms with van der Waals surface area (Å²) in [6, 6.07) is 1.09. The van der Waals surface area contributed by atoms with E-state index in [0.717, 1.165) is 0 Å². The third-order valence-corrected chi connectivity index (χ3v) is 5.46. The Morgan fingerprint density at radius 3 is 2.47 bits per heavy atom. The van der Waals surface area contributed by atoms with Crippen LogP contribution in [0.2, 0.25) is 0 Å². The molecule has 1 fully saturated rings. The maximum atomic E-state index is 13.4. The number of nitrogens with zero attached hydrogens (tertiary/aromatic N) is 3. The zero-order valence-electron chi connectivity index (χ0n) is 18.0. The molecule has 2 atom stereocenters. The number of carbonyl (C=O) groups is 2. The Hall–Kier alpha value is -3.37. The van der Waals surface area contributed by atoms with Crippen LogP contribution >= 0.6 is 0 Å². The number of carbonyl (C=O) groups excluding carboxylic acids is 2. The summed E-state index contributed by atoms with van der Waals surface area (Å²) < 4.78 is 39.9. The lowest BCUT2D eigenvalue weighted by atomic mass is 10.1. The second-order valence-electron chi connectivity index (χ2n) is 7.69. The van der Waals surface area contributed by atoms with Crippen LogP contribution in [-0.2, 0) is 4.79 Å². The highest BCUT2D eigenvalue weighted by atomic mass is 19.2. The van der Waals surface area contributed by atoms with Crippen LogP contribution in [-0.4, -0.2) is 48.0 Å². The van der Waals surface area contributed by atoms with Crippen molar-refractivity contribution in [2.45, 2.75) is 45.2 Å². The van der Waals surface area contributed by atoms with E-state index in [9.17, 15) is 22.8 Å². The molecule has 1 heterocycles. The lowest BCUT2D eigenvalue weighted by Gasteiger charge is -2.22. The molecule has 0 bridgehead atoms. The van der Waals surface area contributed by atoms with Gasteiger partial charge in [0.05, 0.1) is 5.69 Å². The minimum absolute atomic E-state index is 0.0361. The molecule has 1 saturated carbocycles. The predicted molar refractivity (Wildman–Crippen MR) is 114 cm³/mol. The highest BCUT2D eigenvalue weighted by molar-refractivity contribution is 5.94. The monoisotopic (exact) mass is 450 g/mol. The van der Waals surface area contributed by atoms with Crippen molar-refractivity contribution in [1.82, 2.24) is 15.3 Å². The number of amides is 2. The molecule has 1 aliphatic carbocycles. The van der Waals surface area contributed by atoms with Gasteiger partial charge in [-0.2, -0.15) is 4.98 Å². The zero-order valence-corrected chi connectivity index (χ0v) is 18.0. The fourth-order valence-electron chi connectivity index (χ4n) is 3.66. The lowest BCUT2D eigenvalue weighted by Crippen LogP contribution is -2.34. The summed E-state index contributed by atoms with van der Waals surface area (Å²) in [4.78, 5) is 34.1. The number of benzene rings is 1. The van der Waals surface area contributed by atoms with Crippen molar-refractivity contribution >= 4 is 29.8 Å². The largest absolute Gasteiger partial charge is 0.358 e. The summed E-state index contributed by atoms with van der Waals surface area (Å²) in [5, 5.41) is 8.62. The molecule has 1 aromatic carbocycles. The van der Waals surface area contributed by atoms with Gasteiger partial charge < -0.3 is 20.9 Å². The number of hydrogen-bond acceptors (Lipinski definition) is 6. The van der Waals surface area contributed by atoms with Gasteiger partial charge >= 0.3 is 0 Å². The molecule has 2 aromatic rings. The fraction of sp³-hybridized carbons (Fsp3) is 0.429. The Morgan fingerprint density at radius 2 is 1.84 bits per heavy atom. The van der Waals surface area contributed by atoms with Crippen molar-refractivity contribution in [3.8, 4) is 0 Å². The van der Waals surface area contributed by atoms with E-state index in [-0.39, 0.29) is 17.6 Å². The van der Waals surface area contributed by atoms with E-state index >= 15 is 0 Å². The van der Waals surface area contributed by atoms with E-state index in [2.05, 4.69) is 25.9 Å². The van der Waals surface area contributed by atoms with Gasteiger partial charge in [0.25, 0.3) is 5.91 Å². The Bertz CT molecular complexity index is 996. The van der Waals surface area contributed by atoms with Crippen LogP contribution < -0.4 is 20.9 Å². The summed E-state index contributed by atoms with van der Waals surface area (Å²) in [7, 11) is 1.85. The molecule has 1 aromatic heterocycles. The molecule has 8 nitrogen and oxygen atoms in total. The van der Waals surface area contributed by atoms with Crippen molar-refractivity contribution in [3.63, 3.8) is 0 Å². The third kappa shape index (κ3) is 5.09. The molecule has 2 unspecified atom stereocenters. The summed E-state index contributed by atoms with van der Waals surface area (Å²) in [6.07, 6.45) is 2.48. The zero-order chi connectivity index (χ0) is 23.4. The van der Waals surface area contributed by atoms with Crippen molar-refractivity contribution in [2.24, 2.45) is 0 Å². The quantitative estimate of drug-likeness (QED) is 0.423. The van der Waals surface area contributed by atoms with Crippen LogP contribution in [0.15, 0.2) is 12.1 Å². The van der Waals surface area contributed by atoms with E-state index in [1.165, 1.54) is 0 Å². The first-order valence-corrected chi connectivity index (χ1v) is 10.2. The van der Waals surface area contributed by atoms with Crippen LogP contribution in [0, 0.1) is 24.4 Å². The van der Waals surface area contributed by atoms with Gasteiger partial charge in [-0.25, -0.2) is 18.2 Å². The van der Waals surface area contributed by atoms with Crippen LogP contribution in [0.3, 0.4) is 0 Å². The molecule has 2 amide bonds. The summed E-state index contributed by atoms with van der Waals surface area (Å²) >= 11 is 0. The molecule has 3 N–H and O–H groups in total. The van der Waals surface area contributed by atoms with Gasteiger partial charge in [0.15, 0.2) is 23.3 Å². The SMILES string of the molecule is CCN(C)c1nc(NC2CCC(NC(=O)c3cc(F)c(F)c(F)c3)C2)nc(C)c1NC=O. The van der Waals surface area contributed by atoms with Gasteiger partial charge in [0.2, 0.25) is 12.4 Å². The van der Waals surface area contributed by atoms with E-state index < -0.39 is 23.4 Å². The molecule has 11 heteroatoms. The first-order chi connectivity index (χ1) is 15.2. The number of aryl methyl sites for hydroxylation is 1. The number of aromatic nitrogens is 2. The molecule has 3 rings (SSSR count). The van der Waals surface area contributed by atoms with Crippen molar-refractivity contribution in [2.75, 3.05) is 29.1 Å². The molecule has 32 heavy (non-hydrogen) atoms. The van der Waals surface area contributed by atoms with Gasteiger partial charge in [-0.15, -0.1) is 0 Å². The second kappa shape index (κ2) is 9.84. The lowest BCUT2D eigenvalue weighted by molar-refractivity contribution is -0.105. The topological polar surface area (TPSA) is 99.2 Å². The fourth-order valence-corrected chi connectivity index (χ4v) is 3.66. The highest BCUT2D eigenvalue weighted by Crippen LogP contribution is 2.28. The van der Waals surface area contributed by atoms with Gasteiger partial charge in [-0.3, -0.25) is 9.59 Å². The Morgan fingerprint density at radius 1 is 1.19 bits per heavy atom. The number of nitrogens with one attached hydrogen (secondary N) is 3. The number of halogens is 3. The summed E-state index contributed by atoms with van der Waals surface area (Å²) in [5.41, 5.74) is 0.862. The smallest absolute Gasteiger partial charge is 0.251 e. The van der Waals surface area contributed by atoms with Crippen molar-refractivity contribution in [3.05, 3.63) is 40.8 Å².